The van der Waals surface area contributed by atoms with Gasteiger partial charge in [0.1, 0.15) is 0 Å². The fourth-order valence-electron chi connectivity index (χ4n) is 4.39. The molecular formula is C27H26Cl2N2O2. The van der Waals surface area contributed by atoms with Crippen molar-refractivity contribution in [3.63, 3.8) is 0 Å². The average Bonchev–Trinajstić information content (AvgIpc) is 3.32. The van der Waals surface area contributed by atoms with E-state index in [1.807, 2.05) is 30.3 Å². The summed E-state index contributed by atoms with van der Waals surface area (Å²) in [6, 6.07) is 23.5. The van der Waals surface area contributed by atoms with E-state index in [0.29, 0.717) is 29.6 Å². The summed E-state index contributed by atoms with van der Waals surface area (Å²) in [4.78, 5) is 25.7. The number of carbonyl (C=O) groups is 2. The summed E-state index contributed by atoms with van der Waals surface area (Å²) in [6.45, 7) is 0.775. The Morgan fingerprint density at radius 2 is 1.21 bits per heavy atom. The van der Waals surface area contributed by atoms with Crippen molar-refractivity contribution < 1.29 is 9.59 Å². The molecule has 2 atom stereocenters. The molecule has 6 heteroatoms. The molecule has 0 aromatic heterocycles. The van der Waals surface area contributed by atoms with Gasteiger partial charge in [0.2, 0.25) is 11.8 Å². The smallest absolute Gasteiger partial charge is 0.224 e. The van der Waals surface area contributed by atoms with Gasteiger partial charge in [-0.3, -0.25) is 9.59 Å². The molecule has 0 heterocycles. The molecule has 1 fully saturated rings. The van der Waals surface area contributed by atoms with Crippen LogP contribution in [0, 0.1) is 11.8 Å². The van der Waals surface area contributed by atoms with Crippen molar-refractivity contribution in [2.24, 2.45) is 11.8 Å². The third-order valence-corrected chi connectivity index (χ3v) is 6.54. The van der Waals surface area contributed by atoms with E-state index in [1.54, 1.807) is 18.2 Å². The molecule has 0 aliphatic heterocycles. The average molecular weight is 481 g/mol. The topological polar surface area (TPSA) is 58.2 Å². The fraction of sp³-hybridized carbons (Fsp3) is 0.259. The number of hydrogen-bond donors (Lipinski definition) is 2. The normalized spacial score (nSPS) is 17.5. The SMILES string of the molecule is O=C(NCc1ccc(-c2ccccc2)cc1)[C@H]1CCC[C@H]1C(=O)NCc1cc(Cl)cc(Cl)c1. The minimum Gasteiger partial charge on any atom is -0.352 e. The Balaban J connectivity index is 1.30. The predicted molar refractivity (Wildman–Crippen MR) is 133 cm³/mol. The molecule has 3 aromatic carbocycles. The lowest BCUT2D eigenvalue weighted by Gasteiger charge is -2.19. The van der Waals surface area contributed by atoms with Crippen molar-refractivity contribution in [1.29, 1.82) is 0 Å². The lowest BCUT2D eigenvalue weighted by atomic mass is 9.94. The van der Waals surface area contributed by atoms with Gasteiger partial charge in [0, 0.05) is 35.0 Å². The van der Waals surface area contributed by atoms with Gasteiger partial charge in [0.25, 0.3) is 0 Å². The lowest BCUT2D eigenvalue weighted by Crippen LogP contribution is -2.39. The summed E-state index contributed by atoms with van der Waals surface area (Å²) in [6.07, 6.45) is 2.30. The van der Waals surface area contributed by atoms with Gasteiger partial charge in [-0.2, -0.15) is 0 Å². The van der Waals surface area contributed by atoms with Crippen LogP contribution in [0.15, 0.2) is 72.8 Å². The Hall–Kier alpha value is -2.82. The van der Waals surface area contributed by atoms with Crippen LogP contribution in [0.2, 0.25) is 10.0 Å². The standard InChI is InChI=1S/C27H26Cl2N2O2/c28-22-13-19(14-23(29)15-22)17-31-27(33)25-8-4-7-24(25)26(32)30-16-18-9-11-21(12-10-18)20-5-2-1-3-6-20/h1-3,5-6,9-15,24-25H,4,7-8,16-17H2,(H,30,32)(H,31,33)/t24-,25+/m0/s1. The molecule has 1 saturated carbocycles. The fourth-order valence-corrected chi connectivity index (χ4v) is 4.96. The van der Waals surface area contributed by atoms with E-state index in [9.17, 15) is 9.59 Å². The number of benzene rings is 3. The van der Waals surface area contributed by atoms with Crippen molar-refractivity contribution in [3.8, 4) is 11.1 Å². The van der Waals surface area contributed by atoms with Crippen molar-refractivity contribution in [2.45, 2.75) is 32.4 Å². The molecule has 0 radical (unpaired) electrons. The highest BCUT2D eigenvalue weighted by Gasteiger charge is 2.37. The Labute approximate surface area is 204 Å². The first-order chi connectivity index (χ1) is 16.0. The molecule has 3 aromatic rings. The summed E-state index contributed by atoms with van der Waals surface area (Å²) in [5.41, 5.74) is 4.16. The number of amides is 2. The highest BCUT2D eigenvalue weighted by molar-refractivity contribution is 6.34. The Bertz CT molecular complexity index is 1100. The molecule has 4 nitrogen and oxygen atoms in total. The minimum atomic E-state index is -0.319. The number of rotatable bonds is 7. The molecule has 0 spiro atoms. The molecule has 1 aliphatic carbocycles. The zero-order valence-electron chi connectivity index (χ0n) is 18.2. The number of carbonyl (C=O) groups excluding carboxylic acids is 2. The quantitative estimate of drug-likeness (QED) is 0.434. The van der Waals surface area contributed by atoms with Gasteiger partial charge >= 0.3 is 0 Å². The number of halogens is 2. The molecule has 0 bridgehead atoms. The van der Waals surface area contributed by atoms with Gasteiger partial charge < -0.3 is 10.6 Å². The lowest BCUT2D eigenvalue weighted by molar-refractivity contribution is -0.133. The van der Waals surface area contributed by atoms with Crippen molar-refractivity contribution in [3.05, 3.63) is 94.0 Å². The van der Waals surface area contributed by atoms with Gasteiger partial charge in [-0.05, 0) is 53.3 Å². The molecule has 33 heavy (non-hydrogen) atoms. The highest BCUT2D eigenvalue weighted by Crippen LogP contribution is 2.32. The summed E-state index contributed by atoms with van der Waals surface area (Å²) in [7, 11) is 0. The minimum absolute atomic E-state index is 0.0643. The van der Waals surface area contributed by atoms with E-state index in [1.165, 1.54) is 0 Å². The van der Waals surface area contributed by atoms with E-state index >= 15 is 0 Å². The van der Waals surface area contributed by atoms with Crippen LogP contribution in [0.3, 0.4) is 0 Å². The van der Waals surface area contributed by atoms with Crippen LogP contribution in [0.4, 0.5) is 0 Å². The predicted octanol–water partition coefficient (Wildman–Crippen LogP) is 6.01. The van der Waals surface area contributed by atoms with Crippen LogP contribution in [0.5, 0.6) is 0 Å². The summed E-state index contributed by atoms with van der Waals surface area (Å²) in [5, 5.41) is 7.02. The van der Waals surface area contributed by atoms with Crippen LogP contribution in [0.1, 0.15) is 30.4 Å². The van der Waals surface area contributed by atoms with E-state index < -0.39 is 0 Å². The van der Waals surface area contributed by atoms with Crippen LogP contribution in [0.25, 0.3) is 11.1 Å². The summed E-state index contributed by atoms with van der Waals surface area (Å²) >= 11 is 12.1. The second-order valence-electron chi connectivity index (χ2n) is 8.42. The van der Waals surface area contributed by atoms with Crippen molar-refractivity contribution in [2.75, 3.05) is 0 Å². The maximum Gasteiger partial charge on any atom is 0.224 e. The van der Waals surface area contributed by atoms with Crippen molar-refractivity contribution in [1.82, 2.24) is 10.6 Å². The molecule has 1 aliphatic rings. The van der Waals surface area contributed by atoms with Crippen molar-refractivity contribution >= 4 is 35.0 Å². The van der Waals surface area contributed by atoms with E-state index in [0.717, 1.165) is 35.1 Å². The monoisotopic (exact) mass is 480 g/mol. The molecule has 2 N–H and O–H groups in total. The van der Waals surface area contributed by atoms with Crippen LogP contribution in [-0.2, 0) is 22.7 Å². The summed E-state index contributed by atoms with van der Waals surface area (Å²) in [5.74, 6) is -0.793. The van der Waals surface area contributed by atoms with E-state index in [2.05, 4.69) is 34.9 Å². The van der Waals surface area contributed by atoms with Crippen LogP contribution >= 0.6 is 23.2 Å². The maximum atomic E-state index is 12.9. The number of hydrogen-bond acceptors (Lipinski definition) is 2. The highest BCUT2D eigenvalue weighted by atomic mass is 35.5. The Morgan fingerprint density at radius 3 is 1.79 bits per heavy atom. The molecule has 170 valence electrons. The molecule has 0 saturated heterocycles. The summed E-state index contributed by atoms with van der Waals surface area (Å²) < 4.78 is 0. The Morgan fingerprint density at radius 1 is 0.697 bits per heavy atom. The first kappa shape index (κ1) is 23.3. The Kier molecular flexibility index (Phi) is 7.69. The molecule has 4 rings (SSSR count). The van der Waals surface area contributed by atoms with Gasteiger partial charge in [-0.15, -0.1) is 0 Å². The van der Waals surface area contributed by atoms with E-state index in [4.69, 9.17) is 23.2 Å². The second kappa shape index (κ2) is 10.9. The molecule has 2 amide bonds. The zero-order valence-corrected chi connectivity index (χ0v) is 19.7. The number of nitrogens with one attached hydrogen (secondary N) is 2. The molecule has 0 unspecified atom stereocenters. The largest absolute Gasteiger partial charge is 0.352 e. The first-order valence-electron chi connectivity index (χ1n) is 11.1. The third kappa shape index (κ3) is 6.16. The van der Waals surface area contributed by atoms with Gasteiger partial charge in [-0.25, -0.2) is 0 Å². The third-order valence-electron chi connectivity index (χ3n) is 6.11. The maximum absolute atomic E-state index is 12.9. The van der Waals surface area contributed by atoms with Crippen LogP contribution < -0.4 is 10.6 Å². The second-order valence-corrected chi connectivity index (χ2v) is 9.29. The molecular weight excluding hydrogens is 455 g/mol. The van der Waals surface area contributed by atoms with E-state index in [-0.39, 0.29) is 23.7 Å². The van der Waals surface area contributed by atoms with Crippen LogP contribution in [-0.4, -0.2) is 11.8 Å². The van der Waals surface area contributed by atoms with Gasteiger partial charge in [0.05, 0.1) is 0 Å². The zero-order chi connectivity index (χ0) is 23.2. The van der Waals surface area contributed by atoms with Gasteiger partial charge in [0.15, 0.2) is 0 Å². The first-order valence-corrected chi connectivity index (χ1v) is 11.9. The van der Waals surface area contributed by atoms with Gasteiger partial charge in [-0.1, -0.05) is 84.2 Å².